The Balaban J connectivity index is 2.67. The van der Waals surface area contributed by atoms with Crippen molar-refractivity contribution in [2.45, 2.75) is 11.8 Å². The molecule has 1 fully saturated rings. The lowest BCUT2D eigenvalue weighted by atomic mass is 10.7. The van der Waals surface area contributed by atoms with Crippen LogP contribution in [0.2, 0.25) is 0 Å². The van der Waals surface area contributed by atoms with Crippen molar-refractivity contribution in [1.29, 1.82) is 0 Å². The predicted molar refractivity (Wildman–Crippen MR) is 23.5 cm³/mol. The van der Waals surface area contributed by atoms with Crippen LogP contribution >= 0.6 is 11.6 Å². The number of alkyl halides is 1. The van der Waals surface area contributed by atoms with Crippen LogP contribution in [-0.4, -0.2) is 11.3 Å². The second-order valence-electron chi connectivity index (χ2n) is 1.30. The molecule has 1 nitrogen and oxygen atoms in total. The first kappa shape index (κ1) is 3.91. The number of hydrogen-bond acceptors (Lipinski definition) is 1. The Morgan fingerprint density at radius 3 is 2.50 bits per heavy atom. The standard InChI is InChI=1S/C4H3ClO/c5-4-1-3(4)2-6/h4H,1H2. The van der Waals surface area contributed by atoms with Gasteiger partial charge in [-0.1, -0.05) is 0 Å². The molecule has 1 aliphatic carbocycles. The minimum atomic E-state index is 0.0301. The Morgan fingerprint density at radius 1 is 2.00 bits per heavy atom. The fraction of sp³-hybridized carbons (Fsp3) is 0.500. The molecule has 1 rings (SSSR count). The van der Waals surface area contributed by atoms with E-state index in [9.17, 15) is 4.79 Å². The van der Waals surface area contributed by atoms with Crippen molar-refractivity contribution < 1.29 is 4.79 Å². The molecule has 2 heteroatoms. The normalized spacial score (nSPS) is 29.5. The number of rotatable bonds is 0. The molecule has 0 bridgehead atoms. The second-order valence-corrected chi connectivity index (χ2v) is 1.83. The lowest BCUT2D eigenvalue weighted by Gasteiger charge is -1.53. The summed E-state index contributed by atoms with van der Waals surface area (Å²) in [6, 6.07) is 0. The molecule has 0 amide bonds. The van der Waals surface area contributed by atoms with Gasteiger partial charge in [-0.2, -0.15) is 0 Å². The maximum atomic E-state index is 9.53. The van der Waals surface area contributed by atoms with E-state index >= 15 is 0 Å². The molecule has 1 saturated carbocycles. The monoisotopic (exact) mass is 102 g/mol. The Labute approximate surface area is 40.6 Å². The Kier molecular flexibility index (Phi) is 0.722. The molecule has 0 aromatic carbocycles. The van der Waals surface area contributed by atoms with Crippen molar-refractivity contribution in [1.82, 2.24) is 0 Å². The van der Waals surface area contributed by atoms with Gasteiger partial charge in [0.25, 0.3) is 0 Å². The highest BCUT2D eigenvalue weighted by molar-refractivity contribution is 6.26. The van der Waals surface area contributed by atoms with E-state index in [0.717, 1.165) is 12.0 Å². The first-order valence-electron chi connectivity index (χ1n) is 1.72. The summed E-state index contributed by atoms with van der Waals surface area (Å²) in [6.07, 6.45) is 0.755. The van der Waals surface area contributed by atoms with Crippen molar-refractivity contribution >= 4 is 17.5 Å². The molecule has 0 radical (unpaired) electrons. The number of hydrogen-bond donors (Lipinski definition) is 0. The predicted octanol–water partition coefficient (Wildman–Crippen LogP) is 0.755. The molecule has 0 aromatic rings. The Morgan fingerprint density at radius 2 is 2.50 bits per heavy atom. The summed E-state index contributed by atoms with van der Waals surface area (Å²) in [6.45, 7) is 0. The summed E-state index contributed by atoms with van der Waals surface area (Å²) in [5.41, 5.74) is 0.719. The summed E-state index contributed by atoms with van der Waals surface area (Å²) < 4.78 is 0. The van der Waals surface area contributed by atoms with Crippen LogP contribution in [-0.2, 0) is 4.79 Å². The maximum absolute atomic E-state index is 9.53. The minimum absolute atomic E-state index is 0.0301. The van der Waals surface area contributed by atoms with Gasteiger partial charge < -0.3 is 0 Å². The molecule has 0 saturated heterocycles. The van der Waals surface area contributed by atoms with Gasteiger partial charge in [0.05, 0.1) is 5.38 Å². The summed E-state index contributed by atoms with van der Waals surface area (Å²) >= 11 is 5.35. The van der Waals surface area contributed by atoms with E-state index in [2.05, 4.69) is 0 Å². The SMILES string of the molecule is O=C=C1CC1Cl. The van der Waals surface area contributed by atoms with Gasteiger partial charge in [0.1, 0.15) is 5.94 Å². The van der Waals surface area contributed by atoms with Crippen LogP contribution in [0.3, 0.4) is 0 Å². The highest BCUT2D eigenvalue weighted by Gasteiger charge is 2.27. The van der Waals surface area contributed by atoms with Gasteiger partial charge in [0.2, 0.25) is 0 Å². The van der Waals surface area contributed by atoms with Crippen molar-refractivity contribution in [3.8, 4) is 0 Å². The second kappa shape index (κ2) is 1.11. The van der Waals surface area contributed by atoms with Crippen LogP contribution in [0.25, 0.3) is 0 Å². The smallest absolute Gasteiger partial charge is 0.125 e. The number of halogens is 1. The zero-order valence-electron chi connectivity index (χ0n) is 3.07. The molecule has 0 aliphatic heterocycles. The van der Waals surface area contributed by atoms with E-state index in [0.29, 0.717) is 0 Å². The van der Waals surface area contributed by atoms with Gasteiger partial charge in [0, 0.05) is 12.0 Å². The van der Waals surface area contributed by atoms with E-state index in [1.54, 1.807) is 5.94 Å². The third-order valence-corrected chi connectivity index (χ3v) is 1.17. The third-order valence-electron chi connectivity index (χ3n) is 0.748. The average molecular weight is 103 g/mol. The molecule has 0 N–H and O–H groups in total. The summed E-state index contributed by atoms with van der Waals surface area (Å²) in [5.74, 6) is 1.72. The van der Waals surface area contributed by atoms with Crippen LogP contribution in [0.1, 0.15) is 6.42 Å². The van der Waals surface area contributed by atoms with Crippen LogP contribution in [0.15, 0.2) is 5.57 Å². The molecular formula is C4H3ClO. The highest BCUT2D eigenvalue weighted by atomic mass is 35.5. The fourth-order valence-electron chi connectivity index (χ4n) is 0.240. The number of allylic oxidation sites excluding steroid dienone is 1. The van der Waals surface area contributed by atoms with Crippen LogP contribution in [0.4, 0.5) is 0 Å². The van der Waals surface area contributed by atoms with E-state index in [-0.39, 0.29) is 5.38 Å². The lowest BCUT2D eigenvalue weighted by molar-refractivity contribution is 0.568. The molecule has 1 unspecified atom stereocenters. The zero-order valence-corrected chi connectivity index (χ0v) is 3.83. The molecule has 6 heavy (non-hydrogen) atoms. The summed E-state index contributed by atoms with van der Waals surface area (Å²) in [5, 5.41) is 0.0301. The van der Waals surface area contributed by atoms with E-state index in [4.69, 9.17) is 11.6 Å². The van der Waals surface area contributed by atoms with E-state index in [1.165, 1.54) is 0 Å². The Bertz CT molecular complexity index is 113. The molecule has 0 aromatic heterocycles. The van der Waals surface area contributed by atoms with Gasteiger partial charge in [-0.05, 0) is 0 Å². The first-order valence-corrected chi connectivity index (χ1v) is 2.16. The van der Waals surface area contributed by atoms with E-state index in [1.807, 2.05) is 0 Å². The molecule has 0 heterocycles. The van der Waals surface area contributed by atoms with Gasteiger partial charge in [-0.3, -0.25) is 0 Å². The fourth-order valence-corrected chi connectivity index (χ4v) is 0.451. The zero-order chi connectivity index (χ0) is 4.57. The highest BCUT2D eigenvalue weighted by Crippen LogP contribution is 2.31. The first-order chi connectivity index (χ1) is 2.84. The molecule has 1 aliphatic rings. The Hall–Kier alpha value is -0.260. The van der Waals surface area contributed by atoms with E-state index < -0.39 is 0 Å². The lowest BCUT2D eigenvalue weighted by Crippen LogP contribution is -1.54. The minimum Gasteiger partial charge on any atom is -0.233 e. The van der Waals surface area contributed by atoms with Crippen molar-refractivity contribution in [3.63, 3.8) is 0 Å². The maximum Gasteiger partial charge on any atom is 0.125 e. The largest absolute Gasteiger partial charge is 0.233 e. The van der Waals surface area contributed by atoms with Gasteiger partial charge in [0.15, 0.2) is 0 Å². The van der Waals surface area contributed by atoms with Crippen LogP contribution < -0.4 is 0 Å². The number of carbonyl (C=O) groups excluding carboxylic acids is 1. The topological polar surface area (TPSA) is 17.1 Å². The van der Waals surface area contributed by atoms with Gasteiger partial charge in [-0.25, -0.2) is 4.79 Å². The quantitative estimate of drug-likeness (QED) is 0.326. The van der Waals surface area contributed by atoms with Crippen molar-refractivity contribution in [2.75, 3.05) is 0 Å². The van der Waals surface area contributed by atoms with Crippen LogP contribution in [0, 0.1) is 0 Å². The molecule has 1 atom stereocenters. The van der Waals surface area contributed by atoms with Crippen molar-refractivity contribution in [3.05, 3.63) is 5.57 Å². The van der Waals surface area contributed by atoms with Gasteiger partial charge in [-0.15, -0.1) is 11.6 Å². The van der Waals surface area contributed by atoms with Gasteiger partial charge >= 0.3 is 0 Å². The molecule has 32 valence electrons. The average Bonchev–Trinajstić information content (AvgIpc) is 2.19. The molecular weight excluding hydrogens is 99.5 g/mol. The van der Waals surface area contributed by atoms with Crippen LogP contribution in [0.5, 0.6) is 0 Å². The molecule has 0 spiro atoms. The van der Waals surface area contributed by atoms with Crippen molar-refractivity contribution in [2.24, 2.45) is 0 Å². The summed E-state index contributed by atoms with van der Waals surface area (Å²) in [7, 11) is 0. The third kappa shape index (κ3) is 0.469. The summed E-state index contributed by atoms with van der Waals surface area (Å²) in [4.78, 5) is 9.53.